The number of hydrogen-bond donors (Lipinski definition) is 0. The van der Waals surface area contributed by atoms with Gasteiger partial charge in [-0.05, 0) is 55.2 Å². The maximum Gasteiger partial charge on any atom is 0.417 e. The summed E-state index contributed by atoms with van der Waals surface area (Å²) in [4.78, 5) is 16.8. The van der Waals surface area contributed by atoms with Crippen molar-refractivity contribution in [2.24, 2.45) is 17.3 Å². The number of carbonyl (C=O) groups excluding carboxylic acids is 1. The second-order valence-corrected chi connectivity index (χ2v) is 9.88. The van der Waals surface area contributed by atoms with Crippen molar-refractivity contribution in [2.45, 2.75) is 38.3 Å². The molecular weight excluding hydrogens is 447 g/mol. The molecule has 0 N–H and O–H groups in total. The van der Waals surface area contributed by atoms with E-state index in [2.05, 4.69) is 0 Å². The van der Waals surface area contributed by atoms with Crippen molar-refractivity contribution < 1.29 is 27.4 Å². The van der Waals surface area contributed by atoms with Gasteiger partial charge in [-0.2, -0.15) is 18.4 Å². The van der Waals surface area contributed by atoms with Gasteiger partial charge in [-0.3, -0.25) is 4.79 Å². The molecule has 0 bridgehead atoms. The van der Waals surface area contributed by atoms with Gasteiger partial charge in [0, 0.05) is 51.3 Å². The third-order valence-electron chi connectivity index (χ3n) is 7.63. The number of ether oxygens (including phenoxy) is 2. The molecule has 6 nitrogen and oxygen atoms in total. The Kier molecular flexibility index (Phi) is 7.39. The van der Waals surface area contributed by atoms with Crippen molar-refractivity contribution in [1.82, 2.24) is 4.90 Å². The van der Waals surface area contributed by atoms with Gasteiger partial charge in [-0.15, -0.1) is 0 Å². The molecule has 2 heterocycles. The van der Waals surface area contributed by atoms with Crippen molar-refractivity contribution in [1.29, 1.82) is 5.26 Å². The number of piperidine rings is 1. The van der Waals surface area contributed by atoms with Crippen molar-refractivity contribution in [3.8, 4) is 6.07 Å². The maximum atomic E-state index is 13.4. The number of nitriles is 1. The second kappa shape index (κ2) is 10.1. The van der Waals surface area contributed by atoms with E-state index in [1.807, 2.05) is 9.80 Å². The Labute approximate surface area is 198 Å². The highest BCUT2D eigenvalue weighted by Crippen LogP contribution is 2.47. The molecule has 2 aliphatic heterocycles. The van der Waals surface area contributed by atoms with Crippen LogP contribution in [0.3, 0.4) is 0 Å². The zero-order valence-electron chi connectivity index (χ0n) is 19.6. The second-order valence-electron chi connectivity index (χ2n) is 9.88. The van der Waals surface area contributed by atoms with Crippen LogP contribution in [0.15, 0.2) is 18.2 Å². The number of likely N-dealkylation sites (tertiary alicyclic amines) is 1. The molecule has 2 saturated heterocycles. The van der Waals surface area contributed by atoms with E-state index in [4.69, 9.17) is 14.7 Å². The first-order valence-electron chi connectivity index (χ1n) is 12.0. The quantitative estimate of drug-likeness (QED) is 0.526. The highest BCUT2D eigenvalue weighted by atomic mass is 19.4. The number of benzene rings is 1. The molecule has 1 aliphatic carbocycles. The molecular formula is C25H32F3N3O3. The monoisotopic (exact) mass is 479 g/mol. The average Bonchev–Trinajstić information content (AvgIpc) is 3.57. The molecule has 4 rings (SSSR count). The van der Waals surface area contributed by atoms with Crippen LogP contribution in [0.5, 0.6) is 0 Å². The number of alkyl halides is 3. The van der Waals surface area contributed by atoms with Gasteiger partial charge in [-0.25, -0.2) is 0 Å². The number of amides is 1. The lowest BCUT2D eigenvalue weighted by Gasteiger charge is -2.43. The van der Waals surface area contributed by atoms with E-state index in [0.717, 1.165) is 31.7 Å². The van der Waals surface area contributed by atoms with E-state index in [0.29, 0.717) is 64.0 Å². The first-order chi connectivity index (χ1) is 16.3. The summed E-state index contributed by atoms with van der Waals surface area (Å²) < 4.78 is 51.2. The van der Waals surface area contributed by atoms with Gasteiger partial charge >= 0.3 is 6.18 Å². The normalized spacial score (nSPS) is 22.3. The van der Waals surface area contributed by atoms with Gasteiger partial charge in [0.2, 0.25) is 5.91 Å². The van der Waals surface area contributed by atoms with E-state index in [1.54, 1.807) is 19.2 Å². The average molecular weight is 480 g/mol. The fourth-order valence-corrected chi connectivity index (χ4v) is 5.36. The van der Waals surface area contributed by atoms with Crippen LogP contribution in [0.2, 0.25) is 0 Å². The predicted octanol–water partition coefficient (Wildman–Crippen LogP) is 4.09. The lowest BCUT2D eigenvalue weighted by molar-refractivity contribution is -0.137. The standard InChI is InChI=1S/C25H32F3N3O3/c1-33-10-11-34-16-20-15-31(23(32)12-18-2-3-18)17-24(20)6-8-30(9-7-24)21-5-4-19(14-29)22(13-21)25(26,27)28/h4-5,13,18,20H,2-3,6-12,15-17H2,1H3. The fraction of sp³-hybridized carbons (Fsp3) is 0.680. The minimum atomic E-state index is -4.57. The first kappa shape index (κ1) is 24.8. The Morgan fingerprint density at radius 3 is 2.59 bits per heavy atom. The molecule has 1 amide bonds. The molecule has 3 fully saturated rings. The van der Waals surface area contributed by atoms with Crippen LogP contribution >= 0.6 is 0 Å². The molecule has 9 heteroatoms. The Hall–Kier alpha value is -2.31. The van der Waals surface area contributed by atoms with E-state index in [1.165, 1.54) is 6.07 Å². The zero-order chi connectivity index (χ0) is 24.3. The summed E-state index contributed by atoms with van der Waals surface area (Å²) in [5.74, 6) is 0.938. The number of carbonyl (C=O) groups is 1. The molecule has 186 valence electrons. The SMILES string of the molecule is COCCOCC1CN(C(=O)CC2CC2)CC12CCN(c1ccc(C#N)c(C(F)(F)F)c1)CC2. The zero-order valence-corrected chi connectivity index (χ0v) is 19.6. The summed E-state index contributed by atoms with van der Waals surface area (Å²) in [6, 6.07) is 5.57. The minimum Gasteiger partial charge on any atom is -0.382 e. The summed E-state index contributed by atoms with van der Waals surface area (Å²) in [5.41, 5.74) is -0.871. The van der Waals surface area contributed by atoms with Gasteiger partial charge in [0.05, 0.1) is 37.0 Å². The molecule has 0 aromatic heterocycles. The van der Waals surface area contributed by atoms with Gasteiger partial charge < -0.3 is 19.3 Å². The van der Waals surface area contributed by atoms with E-state index in [9.17, 15) is 18.0 Å². The fourth-order valence-electron chi connectivity index (χ4n) is 5.36. The largest absolute Gasteiger partial charge is 0.417 e. The van der Waals surface area contributed by atoms with Crippen LogP contribution in [-0.4, -0.2) is 63.9 Å². The number of rotatable bonds is 8. The van der Waals surface area contributed by atoms with Crippen LogP contribution in [0.4, 0.5) is 18.9 Å². The first-order valence-corrected chi connectivity index (χ1v) is 12.0. The number of anilines is 1. The van der Waals surface area contributed by atoms with Gasteiger partial charge in [0.25, 0.3) is 0 Å². The Balaban J connectivity index is 1.46. The van der Waals surface area contributed by atoms with Crippen molar-refractivity contribution in [2.75, 3.05) is 58.0 Å². The molecule has 1 saturated carbocycles. The van der Waals surface area contributed by atoms with Crippen LogP contribution in [-0.2, 0) is 20.4 Å². The predicted molar refractivity (Wildman–Crippen MR) is 120 cm³/mol. The molecule has 1 atom stereocenters. The topological polar surface area (TPSA) is 65.8 Å². The van der Waals surface area contributed by atoms with E-state index in [-0.39, 0.29) is 22.8 Å². The molecule has 1 aromatic rings. The van der Waals surface area contributed by atoms with E-state index >= 15 is 0 Å². The minimum absolute atomic E-state index is 0.0950. The van der Waals surface area contributed by atoms with Gasteiger partial charge in [-0.1, -0.05) is 0 Å². The summed E-state index contributed by atoms with van der Waals surface area (Å²) in [6.07, 6.45) is -0.136. The van der Waals surface area contributed by atoms with E-state index < -0.39 is 11.7 Å². The Morgan fingerprint density at radius 2 is 1.97 bits per heavy atom. The van der Waals surface area contributed by atoms with Crippen LogP contribution in [0, 0.1) is 28.6 Å². The number of nitrogens with zero attached hydrogens (tertiary/aromatic N) is 3. The third-order valence-corrected chi connectivity index (χ3v) is 7.63. The maximum absolute atomic E-state index is 13.4. The Bertz CT molecular complexity index is 918. The molecule has 34 heavy (non-hydrogen) atoms. The lowest BCUT2D eigenvalue weighted by atomic mass is 9.71. The van der Waals surface area contributed by atoms with Crippen molar-refractivity contribution in [3.05, 3.63) is 29.3 Å². The smallest absolute Gasteiger partial charge is 0.382 e. The molecule has 1 aromatic carbocycles. The summed E-state index contributed by atoms with van der Waals surface area (Å²) in [7, 11) is 1.63. The third kappa shape index (κ3) is 5.49. The summed E-state index contributed by atoms with van der Waals surface area (Å²) in [6.45, 7) is 4.12. The van der Waals surface area contributed by atoms with Gasteiger partial charge in [0.15, 0.2) is 0 Å². The van der Waals surface area contributed by atoms with Crippen LogP contribution in [0.1, 0.15) is 43.2 Å². The van der Waals surface area contributed by atoms with Crippen molar-refractivity contribution in [3.63, 3.8) is 0 Å². The molecule has 0 radical (unpaired) electrons. The number of hydrogen-bond acceptors (Lipinski definition) is 5. The highest BCUT2D eigenvalue weighted by Gasteiger charge is 2.49. The van der Waals surface area contributed by atoms with Gasteiger partial charge in [0.1, 0.15) is 0 Å². The molecule has 3 aliphatic rings. The molecule has 1 spiro atoms. The van der Waals surface area contributed by atoms with Crippen molar-refractivity contribution >= 4 is 11.6 Å². The lowest BCUT2D eigenvalue weighted by Crippen LogP contribution is -2.45. The highest BCUT2D eigenvalue weighted by molar-refractivity contribution is 5.77. The number of methoxy groups -OCH3 is 1. The summed E-state index contributed by atoms with van der Waals surface area (Å²) >= 11 is 0. The Morgan fingerprint density at radius 1 is 1.24 bits per heavy atom. The van der Waals surface area contributed by atoms with Crippen LogP contribution in [0.25, 0.3) is 0 Å². The number of halogens is 3. The molecule has 1 unspecified atom stereocenters. The van der Waals surface area contributed by atoms with Crippen LogP contribution < -0.4 is 4.90 Å². The summed E-state index contributed by atoms with van der Waals surface area (Å²) in [5, 5.41) is 9.07.